The molecule has 13 nitrogen and oxygen atoms in total. The highest BCUT2D eigenvalue weighted by Crippen LogP contribution is 2.38. The molecule has 0 aromatic carbocycles. The molecule has 0 spiro atoms. The highest BCUT2D eigenvalue weighted by molar-refractivity contribution is 6.68. The number of carbonyl (C=O) groups excluding carboxylic acids is 2. The van der Waals surface area contributed by atoms with Crippen molar-refractivity contribution in [1.29, 1.82) is 0 Å². The first-order chi connectivity index (χ1) is 20.9. The molecule has 4 aromatic rings. The number of halogens is 6. The van der Waals surface area contributed by atoms with Gasteiger partial charge in [0, 0.05) is 36.6 Å². The lowest BCUT2D eigenvalue weighted by atomic mass is 10.3. The fourth-order valence-electron chi connectivity index (χ4n) is 3.69. The van der Waals surface area contributed by atoms with Crippen LogP contribution < -0.4 is 16.0 Å². The van der Waals surface area contributed by atoms with Crippen molar-refractivity contribution in [2.24, 2.45) is 0 Å². The number of hydrogen-bond donors (Lipinski definition) is 3. The van der Waals surface area contributed by atoms with Gasteiger partial charge in [-0.05, 0) is 24.3 Å². The first-order valence-electron chi connectivity index (χ1n) is 12.7. The standard InChI is InChI=1S/C25H23Cl6N9O4/c26-24(27,28)20(38-22(41)43-11-7-15-5-1-3-9-32-15)37-18-17-13-36-40(19(17)35-14-34-18)21(25(29,30)31)39-23(42)44-12-8-16-6-2-4-10-33-16/h1-6,9-10,13-14,20-21H,7-8,11-12H2,(H,38,41)(H,39,42)(H,34,35,37). The third kappa shape index (κ3) is 9.71. The summed E-state index contributed by atoms with van der Waals surface area (Å²) in [6.07, 6.45) is 2.05. The van der Waals surface area contributed by atoms with Gasteiger partial charge in [-0.2, -0.15) is 5.10 Å². The van der Waals surface area contributed by atoms with Crippen molar-refractivity contribution in [3.63, 3.8) is 0 Å². The lowest BCUT2D eigenvalue weighted by Gasteiger charge is -2.27. The summed E-state index contributed by atoms with van der Waals surface area (Å²) in [5, 5.41) is 12.3. The van der Waals surface area contributed by atoms with Crippen molar-refractivity contribution < 1.29 is 19.1 Å². The largest absolute Gasteiger partial charge is 0.449 e. The number of carbonyl (C=O) groups is 2. The lowest BCUT2D eigenvalue weighted by molar-refractivity contribution is 0.138. The van der Waals surface area contributed by atoms with Gasteiger partial charge in [0.25, 0.3) is 0 Å². The number of alkyl halides is 6. The van der Waals surface area contributed by atoms with E-state index in [2.05, 4.69) is 41.0 Å². The number of rotatable bonds is 11. The Morgan fingerprint density at radius 2 is 1.39 bits per heavy atom. The van der Waals surface area contributed by atoms with Gasteiger partial charge in [0.2, 0.25) is 7.59 Å². The van der Waals surface area contributed by atoms with Crippen LogP contribution in [0.25, 0.3) is 11.0 Å². The van der Waals surface area contributed by atoms with E-state index in [-0.39, 0.29) is 30.1 Å². The normalized spacial score (nSPS) is 13.1. The fourth-order valence-corrected chi connectivity index (χ4v) is 4.45. The third-order valence-corrected chi connectivity index (χ3v) is 6.98. The van der Waals surface area contributed by atoms with Gasteiger partial charge < -0.3 is 14.8 Å². The van der Waals surface area contributed by atoms with Crippen LogP contribution in [-0.2, 0) is 22.3 Å². The second-order valence-corrected chi connectivity index (χ2v) is 13.6. The molecule has 2 unspecified atom stereocenters. The molecule has 19 heteroatoms. The van der Waals surface area contributed by atoms with Crippen LogP contribution in [0.1, 0.15) is 17.6 Å². The van der Waals surface area contributed by atoms with E-state index in [4.69, 9.17) is 79.1 Å². The Bertz CT molecular complexity index is 1540. The molecule has 0 saturated carbocycles. The van der Waals surface area contributed by atoms with Crippen molar-refractivity contribution in [2.75, 3.05) is 18.5 Å². The number of nitrogens with one attached hydrogen (secondary N) is 3. The molecular formula is C25H23Cl6N9O4. The minimum absolute atomic E-state index is 0.0164. The van der Waals surface area contributed by atoms with E-state index in [1.54, 1.807) is 36.7 Å². The summed E-state index contributed by atoms with van der Waals surface area (Å²) in [6.45, 7) is 0.0411. The number of pyridine rings is 2. The maximum Gasteiger partial charge on any atom is 0.408 e. The first kappa shape index (κ1) is 33.8. The Hall–Kier alpha value is -3.07. The smallest absolute Gasteiger partial charge is 0.408 e. The molecular weight excluding hydrogens is 703 g/mol. The molecule has 4 aromatic heterocycles. The Morgan fingerprint density at radius 3 is 1.91 bits per heavy atom. The molecule has 0 saturated heterocycles. The van der Waals surface area contributed by atoms with Gasteiger partial charge in [0.05, 0.1) is 24.8 Å². The Labute approximate surface area is 280 Å². The highest BCUT2D eigenvalue weighted by Gasteiger charge is 2.39. The molecule has 4 rings (SSSR count). The van der Waals surface area contributed by atoms with Gasteiger partial charge in [-0.15, -0.1) is 0 Å². The summed E-state index contributed by atoms with van der Waals surface area (Å²) in [7, 11) is 0. The monoisotopic (exact) mass is 723 g/mol. The van der Waals surface area contributed by atoms with E-state index in [1.807, 2.05) is 12.1 Å². The number of ether oxygens (including phenoxy) is 2. The predicted octanol–water partition coefficient (Wildman–Crippen LogP) is 5.53. The molecule has 44 heavy (non-hydrogen) atoms. The lowest BCUT2D eigenvalue weighted by Crippen LogP contribution is -2.49. The number of alkyl carbamates (subject to hydrolysis) is 2. The predicted molar refractivity (Wildman–Crippen MR) is 167 cm³/mol. The van der Waals surface area contributed by atoms with Crippen LogP contribution in [0.4, 0.5) is 15.4 Å². The van der Waals surface area contributed by atoms with E-state index >= 15 is 0 Å². The van der Waals surface area contributed by atoms with Crippen LogP contribution in [0, 0.1) is 0 Å². The topological polar surface area (TPSA) is 158 Å². The average Bonchev–Trinajstić information content (AvgIpc) is 3.40. The molecule has 2 atom stereocenters. The van der Waals surface area contributed by atoms with E-state index in [9.17, 15) is 9.59 Å². The Morgan fingerprint density at radius 1 is 0.795 bits per heavy atom. The van der Waals surface area contributed by atoms with Crippen molar-refractivity contribution in [3.8, 4) is 0 Å². The van der Waals surface area contributed by atoms with Crippen LogP contribution in [0.15, 0.2) is 61.3 Å². The summed E-state index contributed by atoms with van der Waals surface area (Å²) in [6, 6.07) is 10.8. The first-order valence-corrected chi connectivity index (χ1v) is 14.9. The summed E-state index contributed by atoms with van der Waals surface area (Å²) < 4.78 is 7.43. The third-order valence-electron chi connectivity index (χ3n) is 5.71. The van der Waals surface area contributed by atoms with Crippen LogP contribution in [0.3, 0.4) is 0 Å². The quantitative estimate of drug-likeness (QED) is 0.133. The van der Waals surface area contributed by atoms with Gasteiger partial charge in [-0.25, -0.2) is 24.2 Å². The molecule has 2 amide bonds. The minimum atomic E-state index is -2.10. The molecule has 4 heterocycles. The van der Waals surface area contributed by atoms with Gasteiger partial charge in [0.15, 0.2) is 18.0 Å². The molecule has 0 fully saturated rings. The summed E-state index contributed by atoms with van der Waals surface area (Å²) in [4.78, 5) is 41.8. The maximum atomic E-state index is 12.6. The summed E-state index contributed by atoms with van der Waals surface area (Å²) in [5.74, 6) is 0.0902. The fraction of sp³-hybridized carbons (Fsp3) is 0.320. The van der Waals surface area contributed by atoms with Crippen LogP contribution in [0.5, 0.6) is 0 Å². The minimum Gasteiger partial charge on any atom is -0.449 e. The number of aromatic nitrogens is 6. The van der Waals surface area contributed by atoms with Crippen LogP contribution in [0.2, 0.25) is 0 Å². The zero-order chi connectivity index (χ0) is 31.7. The second kappa shape index (κ2) is 15.3. The molecule has 0 radical (unpaired) electrons. The number of fused-ring (bicyclic) bond motifs is 1. The number of hydrogen-bond acceptors (Lipinski definition) is 10. The molecule has 0 aliphatic rings. The molecule has 0 bridgehead atoms. The van der Waals surface area contributed by atoms with E-state index in [0.717, 1.165) is 22.4 Å². The molecule has 3 N–H and O–H groups in total. The molecule has 0 aliphatic heterocycles. The van der Waals surface area contributed by atoms with Gasteiger partial charge in [-0.3, -0.25) is 20.6 Å². The number of nitrogens with zero attached hydrogens (tertiary/aromatic N) is 6. The summed E-state index contributed by atoms with van der Waals surface area (Å²) in [5.41, 5.74) is 1.58. The van der Waals surface area contributed by atoms with Crippen LogP contribution in [-0.4, -0.2) is 68.9 Å². The van der Waals surface area contributed by atoms with Crippen molar-refractivity contribution in [1.82, 2.24) is 40.3 Å². The Balaban J connectivity index is 1.45. The summed E-state index contributed by atoms with van der Waals surface area (Å²) >= 11 is 37.0. The highest BCUT2D eigenvalue weighted by atomic mass is 35.6. The number of anilines is 1. The van der Waals surface area contributed by atoms with Crippen LogP contribution >= 0.6 is 69.6 Å². The second-order valence-electron chi connectivity index (χ2n) is 8.81. The van der Waals surface area contributed by atoms with Gasteiger partial charge in [-0.1, -0.05) is 81.7 Å². The van der Waals surface area contributed by atoms with Gasteiger partial charge >= 0.3 is 12.2 Å². The van der Waals surface area contributed by atoms with E-state index in [1.165, 1.54) is 6.20 Å². The molecule has 0 aliphatic carbocycles. The van der Waals surface area contributed by atoms with Crippen molar-refractivity contribution >= 4 is 98.6 Å². The average molecular weight is 726 g/mol. The Kier molecular flexibility index (Phi) is 11.7. The maximum absolute atomic E-state index is 12.6. The van der Waals surface area contributed by atoms with Gasteiger partial charge in [0.1, 0.15) is 12.1 Å². The van der Waals surface area contributed by atoms with Crippen molar-refractivity contribution in [2.45, 2.75) is 32.8 Å². The SMILES string of the molecule is O=C(NC(Nc1ncnc2c1cnn2C(NC(=O)OCCc1ccccn1)C(Cl)(Cl)Cl)C(Cl)(Cl)Cl)OCCc1ccccn1. The zero-order valence-electron chi connectivity index (χ0n) is 22.3. The van der Waals surface area contributed by atoms with E-state index in [0.29, 0.717) is 12.8 Å². The van der Waals surface area contributed by atoms with Crippen molar-refractivity contribution in [3.05, 3.63) is 72.7 Å². The zero-order valence-corrected chi connectivity index (χ0v) is 26.9. The van der Waals surface area contributed by atoms with E-state index < -0.39 is 32.1 Å². The molecule has 234 valence electrons. The number of amides is 2.